The van der Waals surface area contributed by atoms with Gasteiger partial charge in [0.05, 0.1) is 10.3 Å². The number of hydrogen-bond acceptors (Lipinski definition) is 6. The third kappa shape index (κ3) is 7.18. The zero-order valence-corrected chi connectivity index (χ0v) is 25.0. The van der Waals surface area contributed by atoms with Gasteiger partial charge in [0.1, 0.15) is 10.1 Å². The van der Waals surface area contributed by atoms with E-state index in [1.807, 2.05) is 13.8 Å². The molecule has 0 spiro atoms. The van der Waals surface area contributed by atoms with Gasteiger partial charge < -0.3 is 9.66 Å². The molecule has 8 nitrogen and oxygen atoms in total. The Morgan fingerprint density at radius 2 is 1.69 bits per heavy atom. The third-order valence-corrected chi connectivity index (χ3v) is 6.24. The number of amides is 3. The molecule has 32 heavy (non-hydrogen) atoms. The summed E-state index contributed by atoms with van der Waals surface area (Å²) in [4.78, 5) is 26.0. The summed E-state index contributed by atoms with van der Waals surface area (Å²) in [5.41, 5.74) is -1.15. The zero-order chi connectivity index (χ0) is 22.5. The van der Waals surface area contributed by atoms with Gasteiger partial charge in [0.25, 0.3) is 0 Å². The molecule has 0 saturated heterocycles. The third-order valence-electron chi connectivity index (χ3n) is 5.35. The predicted molar refractivity (Wildman–Crippen MR) is 110 cm³/mol. The second-order valence-electron chi connectivity index (χ2n) is 7.12. The van der Waals surface area contributed by atoms with Crippen molar-refractivity contribution in [2.75, 3.05) is 0 Å². The van der Waals surface area contributed by atoms with Gasteiger partial charge in [-0.25, -0.2) is 18.2 Å². The number of fused-ring (bicyclic) bond motifs is 1. The summed E-state index contributed by atoms with van der Waals surface area (Å²) in [5.74, 6) is -1.20. The number of aliphatic imine (C=N–C) groups is 1. The van der Waals surface area contributed by atoms with Crippen molar-refractivity contribution in [2.45, 2.75) is 44.9 Å². The van der Waals surface area contributed by atoms with Crippen molar-refractivity contribution in [3.8, 4) is 0 Å². The van der Waals surface area contributed by atoms with Gasteiger partial charge in [-0.1, -0.05) is 63.6 Å². The molecule has 3 amide bonds. The normalized spacial score (nSPS) is 18.8. The average Bonchev–Trinajstić information content (AvgIpc) is 2.67. The van der Waals surface area contributed by atoms with E-state index in [1.165, 1.54) is 6.07 Å². The van der Waals surface area contributed by atoms with Gasteiger partial charge in [-0.2, -0.15) is 0 Å². The van der Waals surface area contributed by atoms with Gasteiger partial charge in [-0.15, -0.1) is 0 Å². The van der Waals surface area contributed by atoms with Crippen molar-refractivity contribution in [2.24, 2.45) is 16.3 Å². The van der Waals surface area contributed by atoms with Crippen molar-refractivity contribution >= 4 is 38.7 Å². The number of carbonyl (C=O) groups is 2. The summed E-state index contributed by atoms with van der Waals surface area (Å²) in [5, 5.41) is 15.2. The Morgan fingerprint density at radius 1 is 1.09 bits per heavy atom. The smallest absolute Gasteiger partial charge is 0.861 e. The van der Waals surface area contributed by atoms with E-state index in [2.05, 4.69) is 10.3 Å². The largest absolute Gasteiger partial charge is 1.00 e. The minimum atomic E-state index is -4.38. The first-order chi connectivity index (χ1) is 14.1. The number of rotatable bonds is 5. The van der Waals surface area contributed by atoms with Gasteiger partial charge in [0, 0.05) is 0 Å². The van der Waals surface area contributed by atoms with Crippen molar-refractivity contribution in [3.05, 3.63) is 42.5 Å². The maximum Gasteiger partial charge on any atom is 1.00 e. The van der Waals surface area contributed by atoms with Crippen molar-refractivity contribution < 1.29 is 109 Å². The van der Waals surface area contributed by atoms with Gasteiger partial charge in [-0.3, -0.25) is 10.1 Å². The first-order valence-electron chi connectivity index (χ1n) is 9.63. The Labute approximate surface area is 253 Å². The van der Waals surface area contributed by atoms with E-state index in [0.29, 0.717) is 11.8 Å². The molecule has 0 aromatic heterocycles. The number of imide groups is 1. The van der Waals surface area contributed by atoms with Crippen LogP contribution in [0.1, 0.15) is 40.0 Å². The Bertz CT molecular complexity index is 1090. The summed E-state index contributed by atoms with van der Waals surface area (Å²) < 4.78 is 32.7. The quantitative estimate of drug-likeness (QED) is 0.339. The minimum Gasteiger partial charge on any atom is -0.861 e. The molecule has 0 saturated carbocycles. The summed E-state index contributed by atoms with van der Waals surface area (Å²) in [6.45, 7) is 5.62. The number of nitrogens with zero attached hydrogens (tertiary/aromatic N) is 1. The van der Waals surface area contributed by atoms with E-state index < -0.39 is 33.4 Å². The van der Waals surface area contributed by atoms with Gasteiger partial charge in [0.15, 0.2) is 0 Å². The predicted octanol–water partition coefficient (Wildman–Crippen LogP) is -3.42. The van der Waals surface area contributed by atoms with Crippen LogP contribution in [0.25, 0.3) is 10.8 Å². The Kier molecular flexibility index (Phi) is 13.6. The molecule has 11 heteroatoms. The standard InChI is InChI=1S/C11H18N2O3.C10H8O3S.K.Na/c1-4-6-7(3)11(5-2)8(14)12-10(16)13-9(11)15;11-14(12,13)10-7-3-5-8-4-1-2-6-9(8)10;;/h7H,4-6H2,1-3H3,(H2,12,13,14,15,16);1-7H,(H,11,12,13);;/q;;2*+1/p-2. The molecule has 0 radical (unpaired) electrons. The SMILES string of the molecule is CCCC(C)C1(CC)C(=O)NC(=O)N=C1[O-].O=S(=O)([O-])c1cccc2ccccc12.[K+].[Na+]. The Morgan fingerprint density at radius 3 is 2.22 bits per heavy atom. The van der Waals surface area contributed by atoms with Crippen LogP contribution in [0, 0.1) is 11.3 Å². The van der Waals surface area contributed by atoms with Crippen LogP contribution < -0.4 is 91.4 Å². The van der Waals surface area contributed by atoms with Crippen LogP contribution >= 0.6 is 0 Å². The van der Waals surface area contributed by atoms with E-state index in [0.717, 1.165) is 18.2 Å². The molecular weight excluding hydrogens is 470 g/mol. The molecule has 1 aliphatic heterocycles. The molecule has 1 aliphatic rings. The van der Waals surface area contributed by atoms with Crippen LogP contribution in [0.4, 0.5) is 4.79 Å². The van der Waals surface area contributed by atoms with Crippen LogP contribution in [-0.2, 0) is 14.9 Å². The number of hydrogen-bond donors (Lipinski definition) is 1. The fourth-order valence-electron chi connectivity index (χ4n) is 3.71. The van der Waals surface area contributed by atoms with E-state index in [9.17, 15) is 27.7 Å². The van der Waals surface area contributed by atoms with Crippen molar-refractivity contribution in [1.82, 2.24) is 5.32 Å². The first-order valence-corrected chi connectivity index (χ1v) is 11.0. The van der Waals surface area contributed by atoms with Crippen LogP contribution in [0.5, 0.6) is 0 Å². The number of urea groups is 1. The second-order valence-corrected chi connectivity index (χ2v) is 8.47. The maximum atomic E-state index is 11.9. The van der Waals surface area contributed by atoms with E-state index in [-0.39, 0.29) is 91.8 Å². The van der Waals surface area contributed by atoms with Gasteiger partial charge in [-0.05, 0) is 41.5 Å². The van der Waals surface area contributed by atoms with E-state index in [4.69, 9.17) is 0 Å². The molecule has 2 unspecified atom stereocenters. The molecule has 2 aromatic rings. The van der Waals surface area contributed by atoms with Crippen LogP contribution in [0.3, 0.4) is 0 Å². The summed E-state index contributed by atoms with van der Waals surface area (Å²) >= 11 is 0. The molecule has 0 fully saturated rings. The Hall–Kier alpha value is -0.144. The van der Waals surface area contributed by atoms with Crippen molar-refractivity contribution in [3.63, 3.8) is 0 Å². The zero-order valence-electron chi connectivity index (χ0n) is 19.0. The fraction of sp³-hybridized carbons (Fsp3) is 0.381. The summed E-state index contributed by atoms with van der Waals surface area (Å²) in [6, 6.07) is 10.7. The Balaban J connectivity index is 0.000000568. The molecule has 0 bridgehead atoms. The summed E-state index contributed by atoms with van der Waals surface area (Å²) in [6.07, 6.45) is 2.02. The first kappa shape index (κ1) is 31.9. The molecule has 2 atom stereocenters. The van der Waals surface area contributed by atoms with E-state index >= 15 is 0 Å². The maximum absolute atomic E-state index is 11.9. The van der Waals surface area contributed by atoms with Crippen LogP contribution in [0.2, 0.25) is 0 Å². The monoisotopic (exact) mass is 494 g/mol. The molecule has 2 aromatic carbocycles. The molecule has 1 N–H and O–H groups in total. The number of carbonyl (C=O) groups excluding carboxylic acids is 2. The van der Waals surface area contributed by atoms with Gasteiger partial charge in [0.2, 0.25) is 5.91 Å². The molecular formula is C21H24KN2NaO6S. The van der Waals surface area contributed by atoms with Gasteiger partial charge >= 0.3 is 87.0 Å². The minimum absolute atomic E-state index is 0. The van der Waals surface area contributed by atoms with Crippen molar-refractivity contribution in [1.29, 1.82) is 0 Å². The topological polar surface area (TPSA) is 139 Å². The molecule has 162 valence electrons. The number of nitrogens with one attached hydrogen (secondary N) is 1. The molecule has 3 rings (SSSR count). The average molecular weight is 495 g/mol. The van der Waals surface area contributed by atoms with E-state index in [1.54, 1.807) is 43.3 Å². The van der Waals surface area contributed by atoms with Crippen LogP contribution in [-0.4, -0.2) is 30.8 Å². The molecule has 0 aliphatic carbocycles. The van der Waals surface area contributed by atoms with Crippen LogP contribution in [0.15, 0.2) is 52.4 Å². The fourth-order valence-corrected chi connectivity index (χ4v) is 4.41. The summed E-state index contributed by atoms with van der Waals surface area (Å²) in [7, 11) is -4.38. The second kappa shape index (κ2) is 13.7. The molecule has 1 heterocycles. The number of benzene rings is 2.